The van der Waals surface area contributed by atoms with Gasteiger partial charge in [0.2, 0.25) is 0 Å². The summed E-state index contributed by atoms with van der Waals surface area (Å²) in [6.07, 6.45) is -2.31. The smallest absolute Gasteiger partial charge is 0.192 e. The number of rotatable bonds is 3. The molecular formula is C7H8F4. The summed E-state index contributed by atoms with van der Waals surface area (Å²) in [7, 11) is 0. The highest BCUT2D eigenvalue weighted by Crippen LogP contribution is 2.22. The summed E-state index contributed by atoms with van der Waals surface area (Å²) < 4.78 is 48.5. The average Bonchev–Trinajstić information content (AvgIpc) is 2.00. The van der Waals surface area contributed by atoms with Gasteiger partial charge in [-0.25, -0.2) is 17.6 Å². The van der Waals surface area contributed by atoms with Crippen LogP contribution >= 0.6 is 0 Å². The predicted molar refractivity (Wildman–Crippen MR) is 34.7 cm³/mol. The maximum atomic E-state index is 12.3. The molecule has 0 heterocycles. The van der Waals surface area contributed by atoms with Gasteiger partial charge in [-0.3, -0.25) is 0 Å². The third kappa shape index (κ3) is 2.74. The molecule has 0 aromatic carbocycles. The molecule has 0 rings (SSSR count). The van der Waals surface area contributed by atoms with Gasteiger partial charge in [0.1, 0.15) is 0 Å². The number of allylic oxidation sites excluding steroid dienone is 3. The SMILES string of the molecule is C=C(F)/C(F)=C(/F)C(F)CC. The molecule has 0 saturated carbocycles. The van der Waals surface area contributed by atoms with Crippen LogP contribution in [0.2, 0.25) is 0 Å². The molecule has 0 aliphatic heterocycles. The second kappa shape index (κ2) is 4.16. The van der Waals surface area contributed by atoms with E-state index in [1.807, 2.05) is 0 Å². The lowest BCUT2D eigenvalue weighted by molar-refractivity contribution is 0.302. The fraction of sp³-hybridized carbons (Fsp3) is 0.429. The summed E-state index contributed by atoms with van der Waals surface area (Å²) in [6, 6.07) is 0. The van der Waals surface area contributed by atoms with Crippen molar-refractivity contribution in [3.05, 3.63) is 24.1 Å². The molecule has 0 spiro atoms. The van der Waals surface area contributed by atoms with Crippen molar-refractivity contribution in [1.82, 2.24) is 0 Å². The maximum Gasteiger partial charge on any atom is 0.192 e. The summed E-state index contributed by atoms with van der Waals surface area (Å²) in [5.74, 6) is -5.14. The monoisotopic (exact) mass is 168 g/mol. The Morgan fingerprint density at radius 2 is 1.82 bits per heavy atom. The van der Waals surface area contributed by atoms with Gasteiger partial charge in [-0.1, -0.05) is 13.5 Å². The first-order valence-electron chi connectivity index (χ1n) is 3.04. The number of hydrogen-bond acceptors (Lipinski definition) is 0. The van der Waals surface area contributed by atoms with E-state index in [0.29, 0.717) is 0 Å². The van der Waals surface area contributed by atoms with Crippen LogP contribution in [0.15, 0.2) is 24.1 Å². The van der Waals surface area contributed by atoms with Crippen LogP contribution in [-0.2, 0) is 0 Å². The zero-order chi connectivity index (χ0) is 9.02. The van der Waals surface area contributed by atoms with Crippen LogP contribution in [0, 0.1) is 0 Å². The Balaban J connectivity index is 4.51. The van der Waals surface area contributed by atoms with Gasteiger partial charge in [0.05, 0.1) is 0 Å². The highest BCUT2D eigenvalue weighted by molar-refractivity contribution is 5.20. The molecule has 0 aromatic heterocycles. The Bertz CT molecular complexity index is 183. The lowest BCUT2D eigenvalue weighted by Gasteiger charge is -2.01. The lowest BCUT2D eigenvalue weighted by atomic mass is 10.2. The van der Waals surface area contributed by atoms with Gasteiger partial charge < -0.3 is 0 Å². The van der Waals surface area contributed by atoms with E-state index in [-0.39, 0.29) is 6.42 Å². The highest BCUT2D eigenvalue weighted by Gasteiger charge is 2.18. The van der Waals surface area contributed by atoms with E-state index in [9.17, 15) is 17.6 Å². The largest absolute Gasteiger partial charge is 0.240 e. The van der Waals surface area contributed by atoms with E-state index in [1.54, 1.807) is 0 Å². The second-order valence-electron chi connectivity index (χ2n) is 1.94. The fourth-order valence-electron chi connectivity index (χ4n) is 0.446. The van der Waals surface area contributed by atoms with E-state index in [4.69, 9.17) is 0 Å². The Kier molecular flexibility index (Phi) is 3.85. The minimum absolute atomic E-state index is 0.230. The summed E-state index contributed by atoms with van der Waals surface area (Å²) >= 11 is 0. The van der Waals surface area contributed by atoms with Crippen LogP contribution in [0.5, 0.6) is 0 Å². The average molecular weight is 168 g/mol. The van der Waals surface area contributed by atoms with Crippen LogP contribution in [0.3, 0.4) is 0 Å². The molecule has 0 fully saturated rings. The highest BCUT2D eigenvalue weighted by atomic mass is 19.2. The molecular weight excluding hydrogens is 160 g/mol. The third-order valence-electron chi connectivity index (χ3n) is 1.08. The molecule has 0 N–H and O–H groups in total. The second-order valence-corrected chi connectivity index (χ2v) is 1.94. The molecule has 0 amide bonds. The van der Waals surface area contributed by atoms with Crippen LogP contribution in [0.4, 0.5) is 17.6 Å². The maximum absolute atomic E-state index is 12.3. The van der Waals surface area contributed by atoms with Gasteiger partial charge in [0, 0.05) is 0 Å². The Morgan fingerprint density at radius 3 is 2.09 bits per heavy atom. The standard InChI is InChI=1S/C7H8F4/c1-3-5(9)7(11)6(10)4(2)8/h5H,2-3H2,1H3/b7-6-. The first-order chi connectivity index (χ1) is 5.00. The molecule has 0 radical (unpaired) electrons. The van der Waals surface area contributed by atoms with E-state index in [2.05, 4.69) is 6.58 Å². The van der Waals surface area contributed by atoms with Gasteiger partial charge in [-0.15, -0.1) is 0 Å². The lowest BCUT2D eigenvalue weighted by Crippen LogP contribution is -2.00. The van der Waals surface area contributed by atoms with Gasteiger partial charge >= 0.3 is 0 Å². The van der Waals surface area contributed by atoms with Crippen molar-refractivity contribution >= 4 is 0 Å². The minimum atomic E-state index is -2.08. The van der Waals surface area contributed by atoms with Crippen molar-refractivity contribution in [2.45, 2.75) is 19.5 Å². The molecule has 0 bridgehead atoms. The third-order valence-corrected chi connectivity index (χ3v) is 1.08. The van der Waals surface area contributed by atoms with Crippen molar-refractivity contribution in [1.29, 1.82) is 0 Å². The normalized spacial score (nSPS) is 15.7. The van der Waals surface area contributed by atoms with E-state index in [0.717, 1.165) is 0 Å². The summed E-state index contributed by atoms with van der Waals surface area (Å²) in [5, 5.41) is 0. The van der Waals surface area contributed by atoms with Crippen molar-refractivity contribution in [2.75, 3.05) is 0 Å². The van der Waals surface area contributed by atoms with E-state index in [1.165, 1.54) is 6.92 Å². The summed E-state index contributed by atoms with van der Waals surface area (Å²) in [5.41, 5.74) is 0. The van der Waals surface area contributed by atoms with Crippen LogP contribution in [0.1, 0.15) is 13.3 Å². The van der Waals surface area contributed by atoms with Crippen molar-refractivity contribution in [2.24, 2.45) is 0 Å². The minimum Gasteiger partial charge on any atom is -0.240 e. The molecule has 0 aliphatic carbocycles. The summed E-state index contributed by atoms with van der Waals surface area (Å²) in [6.45, 7) is 3.80. The zero-order valence-electron chi connectivity index (χ0n) is 6.00. The first-order valence-corrected chi connectivity index (χ1v) is 3.04. The number of halogens is 4. The summed E-state index contributed by atoms with van der Waals surface area (Å²) in [4.78, 5) is 0. The Hall–Kier alpha value is -0.800. The van der Waals surface area contributed by atoms with Crippen molar-refractivity contribution in [3.63, 3.8) is 0 Å². The molecule has 1 atom stereocenters. The van der Waals surface area contributed by atoms with Crippen LogP contribution in [-0.4, -0.2) is 6.17 Å². The van der Waals surface area contributed by atoms with E-state index >= 15 is 0 Å². The zero-order valence-corrected chi connectivity index (χ0v) is 6.00. The Morgan fingerprint density at radius 1 is 1.36 bits per heavy atom. The molecule has 4 heteroatoms. The van der Waals surface area contributed by atoms with Gasteiger partial charge in [0.15, 0.2) is 23.7 Å². The molecule has 1 unspecified atom stereocenters. The number of hydrogen-bond donors (Lipinski definition) is 0. The van der Waals surface area contributed by atoms with Gasteiger partial charge in [-0.2, -0.15) is 0 Å². The first kappa shape index (κ1) is 10.2. The molecule has 11 heavy (non-hydrogen) atoms. The molecule has 0 aromatic rings. The molecule has 0 nitrogen and oxygen atoms in total. The van der Waals surface area contributed by atoms with Crippen molar-refractivity contribution < 1.29 is 17.6 Å². The van der Waals surface area contributed by atoms with Crippen molar-refractivity contribution in [3.8, 4) is 0 Å². The quantitative estimate of drug-likeness (QED) is 0.447. The van der Waals surface area contributed by atoms with Crippen LogP contribution in [0.25, 0.3) is 0 Å². The topological polar surface area (TPSA) is 0 Å². The van der Waals surface area contributed by atoms with Crippen LogP contribution < -0.4 is 0 Å². The van der Waals surface area contributed by atoms with E-state index < -0.39 is 23.7 Å². The fourth-order valence-corrected chi connectivity index (χ4v) is 0.446. The Labute approximate surface area is 62.2 Å². The van der Waals surface area contributed by atoms with Gasteiger partial charge in [0.25, 0.3) is 0 Å². The number of alkyl halides is 1. The molecule has 0 aliphatic rings. The van der Waals surface area contributed by atoms with Gasteiger partial charge in [-0.05, 0) is 6.42 Å². The predicted octanol–water partition coefficient (Wildman–Crippen LogP) is 3.37. The molecule has 0 saturated heterocycles. The molecule has 64 valence electrons.